The highest BCUT2D eigenvalue weighted by molar-refractivity contribution is 6.11. The Morgan fingerprint density at radius 1 is 0.391 bits per heavy atom. The second-order valence-electron chi connectivity index (χ2n) is 22.8. The van der Waals surface area contributed by atoms with Crippen LogP contribution in [0.1, 0.15) is 120 Å². The van der Waals surface area contributed by atoms with E-state index in [4.69, 9.17) is 57.3 Å². The van der Waals surface area contributed by atoms with Crippen molar-refractivity contribution in [3.05, 3.63) is 153 Å². The minimum atomic E-state index is -0.371. The lowest BCUT2D eigenvalue weighted by molar-refractivity contribution is 0.00433. The maximum Gasteiger partial charge on any atom is 0.255 e. The van der Waals surface area contributed by atoms with E-state index in [1.807, 2.05) is 36.4 Å². The molecule has 0 radical (unpaired) electrons. The number of benzene rings is 4. The summed E-state index contributed by atoms with van der Waals surface area (Å²) in [5, 5.41) is 6.66. The number of anilines is 2. The van der Waals surface area contributed by atoms with Crippen LogP contribution < -0.4 is 29.6 Å². The molecule has 14 rings (SSSR count). The minimum Gasteiger partial charge on any atom is -0.491 e. The summed E-state index contributed by atoms with van der Waals surface area (Å²) in [6.07, 6.45) is 2.83. The molecular weight excluding hydrogens is 1160 g/mol. The fourth-order valence-electron chi connectivity index (χ4n) is 12.5. The second kappa shape index (κ2) is 30.7. The number of carbonyl (C=O) groups is 2. The van der Waals surface area contributed by atoms with E-state index >= 15 is 9.59 Å². The van der Waals surface area contributed by atoms with Crippen LogP contribution in [-0.2, 0) is 41.3 Å². The van der Waals surface area contributed by atoms with Crippen molar-refractivity contribution in [3.63, 3.8) is 0 Å². The average Bonchev–Trinajstić information content (AvgIpc) is 1.58. The Bertz CT molecular complexity index is 3760. The number of ether oxygens (including phenoxy) is 10. The van der Waals surface area contributed by atoms with Gasteiger partial charge in [-0.1, -0.05) is 64.1 Å². The van der Waals surface area contributed by atoms with Crippen LogP contribution in [0.4, 0.5) is 11.4 Å². The monoisotopic (exact) mass is 1250 g/mol. The van der Waals surface area contributed by atoms with Gasteiger partial charge in [-0.05, 0) is 146 Å². The van der Waals surface area contributed by atoms with Gasteiger partial charge in [0.2, 0.25) is 0 Å². The molecule has 4 N–H and O–H groups in total. The lowest BCUT2D eigenvalue weighted by Crippen LogP contribution is -2.16. The van der Waals surface area contributed by atoms with Gasteiger partial charge in [0.15, 0.2) is 0 Å². The lowest BCUT2D eigenvalue weighted by Gasteiger charge is -2.16. The van der Waals surface area contributed by atoms with Crippen LogP contribution in [0.5, 0.6) is 23.0 Å². The number of allylic oxidation sites excluding steroid dienone is 4. The molecule has 18 nitrogen and oxygen atoms in total. The number of hydrogen-bond acceptors (Lipinski definition) is 14. The Morgan fingerprint density at radius 2 is 0.707 bits per heavy atom. The molecular formula is C74H84N6O12. The molecule has 482 valence electrons. The van der Waals surface area contributed by atoms with E-state index in [1.165, 1.54) is 0 Å². The van der Waals surface area contributed by atoms with Crippen molar-refractivity contribution in [1.29, 1.82) is 0 Å². The van der Waals surface area contributed by atoms with E-state index < -0.39 is 0 Å². The van der Waals surface area contributed by atoms with E-state index in [1.54, 1.807) is 36.4 Å². The summed E-state index contributed by atoms with van der Waals surface area (Å²) in [6, 6.07) is 30.6. The Morgan fingerprint density at radius 3 is 1.02 bits per heavy atom. The molecule has 2 amide bonds. The SMILES string of the molecule is CCC1=C(C)c2nc1cc1[nH]c(c(C)c1CC)c1c3nc(cc4[nH]c(c(C)c4CC)c2-c2ccccc2NC(=O)c2cc4cc(c2)OCCOCCOCCOCCOc2cc(cc(c2)C(=O)Nc2ccccc2-1)OCCOCCOCCOCCO4)C(CC)=C3C. The zero-order valence-corrected chi connectivity index (χ0v) is 54.2. The van der Waals surface area contributed by atoms with Gasteiger partial charge in [0.05, 0.1) is 113 Å². The highest BCUT2D eigenvalue weighted by atomic mass is 16.6. The molecule has 0 unspecified atom stereocenters. The molecule has 92 heavy (non-hydrogen) atoms. The first-order valence-electron chi connectivity index (χ1n) is 32.3. The number of aromatic nitrogens is 4. The summed E-state index contributed by atoms with van der Waals surface area (Å²) in [7, 11) is 0. The maximum atomic E-state index is 15.0. The smallest absolute Gasteiger partial charge is 0.255 e. The van der Waals surface area contributed by atoms with Crippen molar-refractivity contribution in [2.75, 3.05) is 116 Å². The second-order valence-corrected chi connectivity index (χ2v) is 22.8. The maximum absolute atomic E-state index is 15.0. The Balaban J connectivity index is 1.15. The fraction of sp³-hybridized carbons (Fsp3) is 0.378. The number of nitrogens with one attached hydrogen (secondary N) is 4. The number of amides is 2. The van der Waals surface area contributed by atoms with E-state index in [2.05, 4.69) is 100 Å². The number of aryl methyl sites for hydroxylation is 4. The van der Waals surface area contributed by atoms with Gasteiger partial charge < -0.3 is 68.0 Å². The molecule has 7 aliphatic rings. The van der Waals surface area contributed by atoms with Gasteiger partial charge in [0.25, 0.3) is 11.8 Å². The number of H-pyrrole nitrogens is 2. The third kappa shape index (κ3) is 14.7. The summed E-state index contributed by atoms with van der Waals surface area (Å²) < 4.78 is 60.2. The molecule has 7 aliphatic heterocycles. The number of hydrogen-bond donors (Lipinski definition) is 4. The van der Waals surface area contributed by atoms with Gasteiger partial charge in [0.1, 0.15) is 49.4 Å². The highest BCUT2D eigenvalue weighted by Crippen LogP contribution is 2.46. The highest BCUT2D eigenvalue weighted by Gasteiger charge is 2.28. The molecule has 0 spiro atoms. The van der Waals surface area contributed by atoms with Gasteiger partial charge in [0, 0.05) is 67.9 Å². The topological polar surface area (TPSA) is 208 Å². The van der Waals surface area contributed by atoms with E-state index in [0.717, 1.165) is 112 Å². The molecule has 0 aliphatic carbocycles. The number of rotatable bonds is 4. The van der Waals surface area contributed by atoms with E-state index in [-0.39, 0.29) is 64.7 Å². The van der Waals surface area contributed by atoms with Gasteiger partial charge >= 0.3 is 0 Å². The minimum absolute atomic E-state index is 0.199. The van der Waals surface area contributed by atoms with Gasteiger partial charge in [-0.25, -0.2) is 9.97 Å². The Labute approximate surface area is 538 Å². The molecule has 0 saturated carbocycles. The van der Waals surface area contributed by atoms with Crippen LogP contribution in [-0.4, -0.2) is 137 Å². The average molecular weight is 1250 g/mol. The van der Waals surface area contributed by atoms with Crippen molar-refractivity contribution in [3.8, 4) is 45.3 Å². The van der Waals surface area contributed by atoms with Crippen LogP contribution in [0.15, 0.2) is 97.1 Å². The normalized spacial score (nSPS) is 16.4. The van der Waals surface area contributed by atoms with E-state index in [0.29, 0.717) is 124 Å². The summed E-state index contributed by atoms with van der Waals surface area (Å²) in [4.78, 5) is 49.4. The first-order chi connectivity index (χ1) is 45.0. The summed E-state index contributed by atoms with van der Waals surface area (Å²) in [5.41, 5.74) is 20.5. The summed E-state index contributed by atoms with van der Waals surface area (Å²) in [6.45, 7) is 21.9. The standard InChI is InChI=1S/C74H84N6O12/c1-9-55-45(5)69-67-59-17-13-15-19-61(59)79-73(81)49-37-51-41-52(38-49)90-34-30-86-26-22-84-24-28-88-32-36-92-54-40-50(39-53(42-54)91-35-31-87-27-23-83-21-25-85-29-33-89-51)74(82)80-62-20-16-14-18-60(62)68(71-46(6)56(10-2)64(76-71)43-63(55)75-69)72-48(8)58(12-4)66(78-72)44-65-57(11-3)47(7)70(67)77-65/h13-20,37-44,75,78H,9-12,21-36H2,1-8H3,(H,79,81)(H,80,82). The lowest BCUT2D eigenvalue weighted by atomic mass is 9.94. The molecule has 0 fully saturated rings. The molecule has 10 heterocycles. The zero-order chi connectivity index (χ0) is 64.1. The number of para-hydroxylation sites is 2. The van der Waals surface area contributed by atoms with Gasteiger partial charge in [-0.3, -0.25) is 9.59 Å². The Hall–Kier alpha value is -8.62. The van der Waals surface area contributed by atoms with Crippen LogP contribution in [0.3, 0.4) is 0 Å². The van der Waals surface area contributed by atoms with Crippen molar-refractivity contribution in [1.82, 2.24) is 19.9 Å². The quantitative estimate of drug-likeness (QED) is 0.129. The molecule has 3 aromatic heterocycles. The summed E-state index contributed by atoms with van der Waals surface area (Å²) >= 11 is 0. The molecule has 0 saturated heterocycles. The first-order valence-corrected chi connectivity index (χ1v) is 32.3. The predicted octanol–water partition coefficient (Wildman–Crippen LogP) is 14.2. The van der Waals surface area contributed by atoms with Crippen molar-refractivity contribution in [2.45, 2.75) is 81.1 Å². The van der Waals surface area contributed by atoms with Crippen LogP contribution >= 0.6 is 0 Å². The predicted molar refractivity (Wildman–Crippen MR) is 361 cm³/mol. The fourth-order valence-corrected chi connectivity index (χ4v) is 12.5. The van der Waals surface area contributed by atoms with Crippen molar-refractivity contribution < 1.29 is 57.0 Å². The first kappa shape index (κ1) is 64.9. The largest absolute Gasteiger partial charge is 0.491 e. The van der Waals surface area contributed by atoms with Gasteiger partial charge in [-0.2, -0.15) is 0 Å². The molecule has 18 heteroatoms. The van der Waals surface area contributed by atoms with Crippen molar-refractivity contribution >= 4 is 67.5 Å². The number of nitrogens with zero attached hydrogens (tertiary/aromatic N) is 2. The molecule has 7 aromatic rings. The van der Waals surface area contributed by atoms with Gasteiger partial charge in [-0.15, -0.1) is 0 Å². The number of aromatic amines is 2. The van der Waals surface area contributed by atoms with Crippen LogP contribution in [0.25, 0.3) is 66.6 Å². The van der Waals surface area contributed by atoms with Crippen molar-refractivity contribution in [2.24, 2.45) is 0 Å². The summed E-state index contributed by atoms with van der Waals surface area (Å²) in [5.74, 6) is 0.971. The third-order valence-electron chi connectivity index (χ3n) is 17.1. The zero-order valence-electron chi connectivity index (χ0n) is 54.2. The van der Waals surface area contributed by atoms with E-state index in [9.17, 15) is 0 Å². The van der Waals surface area contributed by atoms with Crippen LogP contribution in [0.2, 0.25) is 0 Å². The third-order valence-corrected chi connectivity index (χ3v) is 17.1. The molecule has 16 bridgehead atoms. The number of carbonyl (C=O) groups excluding carboxylic acids is 2. The molecule has 0 atom stereocenters. The molecule has 4 aromatic carbocycles. The van der Waals surface area contributed by atoms with Crippen LogP contribution in [0, 0.1) is 13.8 Å². The Kier molecular flexibility index (Phi) is 21.6.